The Balaban J connectivity index is 1.86. The molecule has 1 atom stereocenters. The van der Waals surface area contributed by atoms with Crippen LogP contribution in [-0.2, 0) is 11.0 Å². The molecular weight excluding hydrogens is 377 g/mol. The molecule has 0 saturated heterocycles. The Morgan fingerprint density at radius 3 is 2.37 bits per heavy atom. The highest BCUT2D eigenvalue weighted by atomic mass is 35.5. The Labute approximate surface area is 160 Å². The molecule has 0 unspecified atom stereocenters. The van der Waals surface area contributed by atoms with Gasteiger partial charge in [-0.25, -0.2) is 0 Å². The number of carbonyl (C=O) groups is 1. The number of rotatable bonds is 5. The molecule has 0 aromatic heterocycles. The first kappa shape index (κ1) is 19.7. The normalized spacial score (nSPS) is 16.3. The van der Waals surface area contributed by atoms with E-state index in [-0.39, 0.29) is 16.8 Å². The zero-order valence-corrected chi connectivity index (χ0v) is 15.3. The summed E-state index contributed by atoms with van der Waals surface area (Å²) in [6.07, 6.45) is -0.558. The molecule has 0 bridgehead atoms. The van der Waals surface area contributed by atoms with Crippen LogP contribution >= 0.6 is 11.6 Å². The number of hydrogen-bond donors (Lipinski definition) is 2. The molecule has 0 heterocycles. The molecule has 1 aliphatic carbocycles. The number of alkyl halides is 3. The van der Waals surface area contributed by atoms with Crippen LogP contribution in [0, 0.1) is 0 Å². The van der Waals surface area contributed by atoms with Crippen molar-refractivity contribution in [3.8, 4) is 0 Å². The average Bonchev–Trinajstić information content (AvgIpc) is 3.14. The van der Waals surface area contributed by atoms with Crippen molar-refractivity contribution in [2.45, 2.75) is 43.9 Å². The molecule has 1 aliphatic rings. The highest BCUT2D eigenvalue weighted by molar-refractivity contribution is 6.30. The van der Waals surface area contributed by atoms with Gasteiger partial charge in [0.2, 0.25) is 5.91 Å². The number of halogens is 4. The van der Waals surface area contributed by atoms with E-state index in [0.29, 0.717) is 5.56 Å². The van der Waals surface area contributed by atoms with Crippen LogP contribution in [-0.4, -0.2) is 11.9 Å². The van der Waals surface area contributed by atoms with Crippen LogP contribution in [0.1, 0.15) is 42.9 Å². The van der Waals surface area contributed by atoms with Crippen molar-refractivity contribution in [1.29, 1.82) is 0 Å². The lowest BCUT2D eigenvalue weighted by Crippen LogP contribution is -2.38. The van der Waals surface area contributed by atoms with E-state index >= 15 is 0 Å². The molecule has 3 rings (SSSR count). The van der Waals surface area contributed by atoms with Crippen molar-refractivity contribution < 1.29 is 18.0 Å². The third-order valence-electron chi connectivity index (χ3n) is 4.70. The number of nitrogens with one attached hydrogen (secondary N) is 2. The summed E-state index contributed by atoms with van der Waals surface area (Å²) >= 11 is 5.71. The maximum absolute atomic E-state index is 13.3. The van der Waals surface area contributed by atoms with E-state index in [1.165, 1.54) is 12.1 Å². The predicted molar refractivity (Wildman–Crippen MR) is 99.7 cm³/mol. The Morgan fingerprint density at radius 1 is 1.07 bits per heavy atom. The van der Waals surface area contributed by atoms with Crippen molar-refractivity contribution in [3.63, 3.8) is 0 Å². The molecule has 1 saturated carbocycles. The molecule has 2 aromatic carbocycles. The van der Waals surface area contributed by atoms with E-state index in [4.69, 9.17) is 11.6 Å². The summed E-state index contributed by atoms with van der Waals surface area (Å²) < 4.78 is 39.9. The summed E-state index contributed by atoms with van der Waals surface area (Å²) in [7, 11) is 0. The summed E-state index contributed by atoms with van der Waals surface area (Å²) in [6.45, 7) is 0. The van der Waals surface area contributed by atoms with Gasteiger partial charge >= 0.3 is 6.18 Å². The summed E-state index contributed by atoms with van der Waals surface area (Å²) in [6, 6.07) is 11.8. The standard InChI is InChI=1S/C20H20ClF3N2O/c21-14-10-11-17(16(12-14)20(22,23)24)26-19(27)18(13-6-2-1-3-7-13)25-15-8-4-5-9-15/h1-3,6-7,10-12,15,18,25H,4-5,8-9H2,(H,26,27)/t18-/m1/s1. The van der Waals surface area contributed by atoms with E-state index in [1.54, 1.807) is 24.3 Å². The summed E-state index contributed by atoms with van der Waals surface area (Å²) in [4.78, 5) is 12.9. The number of hydrogen-bond acceptors (Lipinski definition) is 2. The fourth-order valence-corrected chi connectivity index (χ4v) is 3.53. The van der Waals surface area contributed by atoms with Crippen LogP contribution in [0.4, 0.5) is 18.9 Å². The Bertz CT molecular complexity index is 790. The van der Waals surface area contributed by atoms with E-state index in [9.17, 15) is 18.0 Å². The summed E-state index contributed by atoms with van der Waals surface area (Å²) in [5, 5.41) is 5.70. The molecule has 27 heavy (non-hydrogen) atoms. The third kappa shape index (κ3) is 5.02. The van der Waals surface area contributed by atoms with Gasteiger partial charge in [-0.1, -0.05) is 54.8 Å². The molecule has 2 N–H and O–H groups in total. The van der Waals surface area contributed by atoms with Gasteiger partial charge in [0.1, 0.15) is 6.04 Å². The maximum atomic E-state index is 13.3. The lowest BCUT2D eigenvalue weighted by atomic mass is 10.0. The van der Waals surface area contributed by atoms with E-state index < -0.39 is 23.7 Å². The summed E-state index contributed by atoms with van der Waals surface area (Å²) in [5.74, 6) is -0.527. The quantitative estimate of drug-likeness (QED) is 0.693. The van der Waals surface area contributed by atoms with Crippen LogP contribution in [0.3, 0.4) is 0 Å². The van der Waals surface area contributed by atoms with E-state index in [1.807, 2.05) is 6.07 Å². The monoisotopic (exact) mass is 396 g/mol. The van der Waals surface area contributed by atoms with Gasteiger partial charge in [0.15, 0.2) is 0 Å². The fourth-order valence-electron chi connectivity index (χ4n) is 3.36. The zero-order chi connectivity index (χ0) is 19.4. The van der Waals surface area contributed by atoms with Gasteiger partial charge in [-0.05, 0) is 36.6 Å². The molecule has 1 fully saturated rings. The molecule has 2 aromatic rings. The van der Waals surface area contributed by atoms with Crippen molar-refractivity contribution in [2.75, 3.05) is 5.32 Å². The van der Waals surface area contributed by atoms with Crippen molar-refractivity contribution >= 4 is 23.2 Å². The number of carbonyl (C=O) groups excluding carboxylic acids is 1. The predicted octanol–water partition coefficient (Wildman–Crippen LogP) is 5.57. The smallest absolute Gasteiger partial charge is 0.324 e. The molecular formula is C20H20ClF3N2O. The molecule has 0 radical (unpaired) electrons. The van der Waals surface area contributed by atoms with Gasteiger partial charge in [-0.15, -0.1) is 0 Å². The van der Waals surface area contributed by atoms with E-state index in [2.05, 4.69) is 10.6 Å². The first-order valence-electron chi connectivity index (χ1n) is 8.83. The molecule has 0 spiro atoms. The van der Waals surface area contributed by atoms with Crippen molar-refractivity contribution in [2.24, 2.45) is 0 Å². The topological polar surface area (TPSA) is 41.1 Å². The largest absolute Gasteiger partial charge is 0.418 e. The number of anilines is 1. The second kappa shape index (κ2) is 8.31. The second-order valence-electron chi connectivity index (χ2n) is 6.67. The number of benzene rings is 2. The highest BCUT2D eigenvalue weighted by Gasteiger charge is 2.35. The van der Waals surface area contributed by atoms with Gasteiger partial charge in [-0.3, -0.25) is 10.1 Å². The van der Waals surface area contributed by atoms with Gasteiger partial charge in [0.05, 0.1) is 11.3 Å². The molecule has 1 amide bonds. The van der Waals surface area contributed by atoms with Crippen LogP contribution in [0.2, 0.25) is 5.02 Å². The van der Waals surface area contributed by atoms with Gasteiger partial charge in [-0.2, -0.15) is 13.2 Å². The summed E-state index contributed by atoms with van der Waals surface area (Å²) in [5.41, 5.74) is -0.550. The highest BCUT2D eigenvalue weighted by Crippen LogP contribution is 2.37. The zero-order valence-electron chi connectivity index (χ0n) is 14.5. The lowest BCUT2D eigenvalue weighted by Gasteiger charge is -2.24. The minimum Gasteiger partial charge on any atom is -0.324 e. The van der Waals surface area contributed by atoms with Crippen LogP contribution < -0.4 is 10.6 Å². The maximum Gasteiger partial charge on any atom is 0.418 e. The average molecular weight is 397 g/mol. The first-order chi connectivity index (χ1) is 12.8. The van der Waals surface area contributed by atoms with Gasteiger partial charge in [0.25, 0.3) is 0 Å². The van der Waals surface area contributed by atoms with E-state index in [0.717, 1.165) is 31.7 Å². The molecule has 0 aliphatic heterocycles. The van der Waals surface area contributed by atoms with Gasteiger partial charge < -0.3 is 5.32 Å². The number of amides is 1. The molecule has 7 heteroatoms. The minimum atomic E-state index is -4.62. The molecule has 144 valence electrons. The fraction of sp³-hybridized carbons (Fsp3) is 0.350. The van der Waals surface area contributed by atoms with Crippen molar-refractivity contribution in [3.05, 3.63) is 64.7 Å². The Hall–Kier alpha value is -2.05. The third-order valence-corrected chi connectivity index (χ3v) is 4.93. The first-order valence-corrected chi connectivity index (χ1v) is 9.21. The van der Waals surface area contributed by atoms with Crippen LogP contribution in [0.5, 0.6) is 0 Å². The van der Waals surface area contributed by atoms with Crippen LogP contribution in [0.25, 0.3) is 0 Å². The van der Waals surface area contributed by atoms with Gasteiger partial charge in [0, 0.05) is 11.1 Å². The van der Waals surface area contributed by atoms with Crippen molar-refractivity contribution in [1.82, 2.24) is 5.32 Å². The lowest BCUT2D eigenvalue weighted by molar-refractivity contribution is -0.137. The Morgan fingerprint density at radius 2 is 1.74 bits per heavy atom. The molecule has 3 nitrogen and oxygen atoms in total. The Kier molecular flexibility index (Phi) is 6.07. The SMILES string of the molecule is O=C(Nc1ccc(Cl)cc1C(F)(F)F)[C@H](NC1CCCC1)c1ccccc1. The van der Waals surface area contributed by atoms with Crippen LogP contribution in [0.15, 0.2) is 48.5 Å². The second-order valence-corrected chi connectivity index (χ2v) is 7.11. The minimum absolute atomic E-state index is 0.0380.